The Morgan fingerprint density at radius 2 is 2.26 bits per heavy atom. The fraction of sp³-hybridized carbons (Fsp3) is 0.733. The van der Waals surface area contributed by atoms with Crippen molar-refractivity contribution in [2.24, 2.45) is 18.0 Å². The third-order valence-electron chi connectivity index (χ3n) is 3.86. The van der Waals surface area contributed by atoms with E-state index in [0.29, 0.717) is 18.4 Å². The van der Waals surface area contributed by atoms with Crippen LogP contribution in [-0.2, 0) is 13.5 Å². The Morgan fingerprint density at radius 3 is 2.87 bits per heavy atom. The highest BCUT2D eigenvalue weighted by Gasteiger charge is 2.28. The van der Waals surface area contributed by atoms with Gasteiger partial charge in [0.15, 0.2) is 5.96 Å². The number of likely N-dealkylation sites (tertiary alicyclic amines) is 1. The molecule has 130 valence electrons. The first-order chi connectivity index (χ1) is 10.9. The summed E-state index contributed by atoms with van der Waals surface area (Å²) in [6.07, 6.45) is 0.783. The SMILES string of the molecule is CCNC(=NCCC(F)(F)F)N1CCC(Cc2cnn(C)c2)C1. The predicted octanol–water partition coefficient (Wildman–Crippen LogP) is 2.20. The zero-order chi connectivity index (χ0) is 16.9. The molecule has 2 rings (SSSR count). The maximum atomic E-state index is 12.3. The Balaban J connectivity index is 1.89. The molecule has 0 aromatic carbocycles. The highest BCUT2D eigenvalue weighted by Crippen LogP contribution is 2.22. The number of nitrogens with zero attached hydrogens (tertiary/aromatic N) is 4. The highest BCUT2D eigenvalue weighted by atomic mass is 19.4. The van der Waals surface area contributed by atoms with Gasteiger partial charge in [-0.1, -0.05) is 0 Å². The van der Waals surface area contributed by atoms with Crippen molar-refractivity contribution in [2.45, 2.75) is 32.4 Å². The summed E-state index contributed by atoms with van der Waals surface area (Å²) in [5, 5.41) is 7.26. The summed E-state index contributed by atoms with van der Waals surface area (Å²) in [4.78, 5) is 6.18. The minimum atomic E-state index is -4.16. The first-order valence-electron chi connectivity index (χ1n) is 7.95. The standard InChI is InChI=1S/C15H24F3N5/c1-3-19-14(20-6-5-15(16,17)18)23-7-4-12(11-23)8-13-9-21-22(2)10-13/h9-10,12H,3-8,11H2,1-2H3,(H,19,20). The van der Waals surface area contributed by atoms with Crippen molar-refractivity contribution in [2.75, 3.05) is 26.2 Å². The monoisotopic (exact) mass is 331 g/mol. The van der Waals surface area contributed by atoms with Crippen LogP contribution in [0.3, 0.4) is 0 Å². The molecule has 2 heterocycles. The number of hydrogen-bond donors (Lipinski definition) is 1. The Morgan fingerprint density at radius 1 is 1.48 bits per heavy atom. The summed E-state index contributed by atoms with van der Waals surface area (Å²) in [5.41, 5.74) is 1.19. The lowest BCUT2D eigenvalue weighted by molar-refractivity contribution is -0.132. The molecule has 0 aliphatic carbocycles. The third kappa shape index (κ3) is 5.76. The summed E-state index contributed by atoms with van der Waals surface area (Å²) < 4.78 is 38.6. The maximum absolute atomic E-state index is 12.3. The number of halogens is 3. The second-order valence-corrected chi connectivity index (χ2v) is 5.93. The van der Waals surface area contributed by atoms with Gasteiger partial charge in [-0.3, -0.25) is 9.67 Å². The van der Waals surface area contributed by atoms with Gasteiger partial charge in [0.1, 0.15) is 0 Å². The van der Waals surface area contributed by atoms with Crippen LogP contribution in [0.15, 0.2) is 17.4 Å². The highest BCUT2D eigenvalue weighted by molar-refractivity contribution is 5.80. The van der Waals surface area contributed by atoms with Crippen LogP contribution < -0.4 is 5.32 Å². The number of guanidine groups is 1. The van der Waals surface area contributed by atoms with Gasteiger partial charge in [0.2, 0.25) is 0 Å². The maximum Gasteiger partial charge on any atom is 0.390 e. The van der Waals surface area contributed by atoms with Crippen LogP contribution in [0, 0.1) is 5.92 Å². The molecule has 8 heteroatoms. The smallest absolute Gasteiger partial charge is 0.357 e. The van der Waals surface area contributed by atoms with E-state index in [-0.39, 0.29) is 6.54 Å². The second kappa shape index (κ2) is 7.70. The lowest BCUT2D eigenvalue weighted by atomic mass is 10.0. The van der Waals surface area contributed by atoms with Gasteiger partial charge < -0.3 is 10.2 Å². The zero-order valence-electron chi connectivity index (χ0n) is 13.6. The predicted molar refractivity (Wildman–Crippen MR) is 83.2 cm³/mol. The van der Waals surface area contributed by atoms with Crippen molar-refractivity contribution in [3.63, 3.8) is 0 Å². The van der Waals surface area contributed by atoms with E-state index in [4.69, 9.17) is 0 Å². The van der Waals surface area contributed by atoms with Gasteiger partial charge >= 0.3 is 6.18 Å². The zero-order valence-corrected chi connectivity index (χ0v) is 13.6. The first-order valence-corrected chi connectivity index (χ1v) is 7.95. The molecule has 1 aliphatic rings. The van der Waals surface area contributed by atoms with Crippen LogP contribution >= 0.6 is 0 Å². The molecule has 1 unspecified atom stereocenters. The van der Waals surface area contributed by atoms with Crippen molar-refractivity contribution in [3.8, 4) is 0 Å². The molecule has 5 nitrogen and oxygen atoms in total. The Hall–Kier alpha value is -1.73. The molecular weight excluding hydrogens is 307 g/mol. The summed E-state index contributed by atoms with van der Waals surface area (Å²) in [6.45, 7) is 3.97. The average Bonchev–Trinajstić information content (AvgIpc) is 3.06. The van der Waals surface area contributed by atoms with Gasteiger partial charge in [-0.2, -0.15) is 18.3 Å². The molecular formula is C15H24F3N5. The van der Waals surface area contributed by atoms with Crippen molar-refractivity contribution < 1.29 is 13.2 Å². The van der Waals surface area contributed by atoms with Gasteiger partial charge in [0.25, 0.3) is 0 Å². The van der Waals surface area contributed by atoms with E-state index in [0.717, 1.165) is 25.9 Å². The number of alkyl halides is 3. The summed E-state index contributed by atoms with van der Waals surface area (Å²) in [6, 6.07) is 0. The molecule has 1 aromatic heterocycles. The van der Waals surface area contributed by atoms with E-state index in [1.165, 1.54) is 5.56 Å². The van der Waals surface area contributed by atoms with Crippen molar-refractivity contribution in [1.29, 1.82) is 0 Å². The van der Waals surface area contributed by atoms with Gasteiger partial charge in [0.05, 0.1) is 19.2 Å². The quantitative estimate of drug-likeness (QED) is 0.665. The molecule has 0 amide bonds. The minimum absolute atomic E-state index is 0.227. The van der Waals surface area contributed by atoms with E-state index in [9.17, 15) is 13.2 Å². The molecule has 1 saturated heterocycles. The van der Waals surface area contributed by atoms with Crippen LogP contribution in [0.2, 0.25) is 0 Å². The number of hydrogen-bond acceptors (Lipinski definition) is 2. The molecule has 0 spiro atoms. The molecule has 1 fully saturated rings. The largest absolute Gasteiger partial charge is 0.390 e. The molecule has 1 aromatic rings. The average molecular weight is 331 g/mol. The van der Waals surface area contributed by atoms with Gasteiger partial charge in [-0.05, 0) is 31.2 Å². The molecule has 23 heavy (non-hydrogen) atoms. The number of nitrogens with one attached hydrogen (secondary N) is 1. The van der Waals surface area contributed by atoms with Crippen molar-refractivity contribution >= 4 is 5.96 Å². The van der Waals surface area contributed by atoms with Crippen LogP contribution in [0.25, 0.3) is 0 Å². The van der Waals surface area contributed by atoms with Crippen LogP contribution in [0.1, 0.15) is 25.3 Å². The molecule has 0 bridgehead atoms. The van der Waals surface area contributed by atoms with E-state index < -0.39 is 12.6 Å². The fourth-order valence-corrected chi connectivity index (χ4v) is 2.82. The Kier molecular flexibility index (Phi) is 5.90. The van der Waals surface area contributed by atoms with Crippen LogP contribution in [-0.4, -0.2) is 53.0 Å². The lowest BCUT2D eigenvalue weighted by Gasteiger charge is -2.21. The lowest BCUT2D eigenvalue weighted by Crippen LogP contribution is -2.40. The molecule has 0 saturated carbocycles. The number of rotatable bonds is 5. The van der Waals surface area contributed by atoms with Crippen molar-refractivity contribution in [1.82, 2.24) is 20.0 Å². The van der Waals surface area contributed by atoms with E-state index in [2.05, 4.69) is 20.3 Å². The van der Waals surface area contributed by atoms with E-state index in [1.807, 2.05) is 26.4 Å². The second-order valence-electron chi connectivity index (χ2n) is 5.93. The normalized spacial score (nSPS) is 19.4. The number of aryl methyl sites for hydroxylation is 1. The van der Waals surface area contributed by atoms with Crippen LogP contribution in [0.4, 0.5) is 13.2 Å². The topological polar surface area (TPSA) is 45.5 Å². The number of aliphatic imine (C=N–C) groups is 1. The molecule has 1 atom stereocenters. The summed E-state index contributed by atoms with van der Waals surface area (Å²) >= 11 is 0. The van der Waals surface area contributed by atoms with Crippen LogP contribution in [0.5, 0.6) is 0 Å². The minimum Gasteiger partial charge on any atom is -0.357 e. The van der Waals surface area contributed by atoms with Crippen molar-refractivity contribution in [3.05, 3.63) is 18.0 Å². The Bertz CT molecular complexity index is 523. The molecule has 1 aliphatic heterocycles. The van der Waals surface area contributed by atoms with E-state index >= 15 is 0 Å². The number of aromatic nitrogens is 2. The summed E-state index contributed by atoms with van der Waals surface area (Å²) in [5.74, 6) is 1.07. The molecule has 1 N–H and O–H groups in total. The van der Waals surface area contributed by atoms with E-state index in [1.54, 1.807) is 4.68 Å². The summed E-state index contributed by atoms with van der Waals surface area (Å²) in [7, 11) is 1.89. The fourth-order valence-electron chi connectivity index (χ4n) is 2.82. The Labute approximate surface area is 134 Å². The molecule has 0 radical (unpaired) electrons. The van der Waals surface area contributed by atoms with Gasteiger partial charge in [-0.25, -0.2) is 0 Å². The van der Waals surface area contributed by atoms with Gasteiger partial charge in [-0.15, -0.1) is 0 Å². The first kappa shape index (κ1) is 17.6. The third-order valence-corrected chi connectivity index (χ3v) is 3.86. The van der Waals surface area contributed by atoms with Gasteiger partial charge in [0, 0.05) is 32.9 Å².